The van der Waals surface area contributed by atoms with E-state index in [4.69, 9.17) is 9.47 Å². The number of hydrogen-bond donors (Lipinski definition) is 0. The SMILES string of the molecule is CC(C)(C)c1ccc(Oc2ccc3c(=O)c4cc5c(=O)c6cc(Oc7ccc(C(C)(C)C)cc7)ccc6c(=O)c5cc4c(=O)c3c2)cc1. The standard InChI is InChI=1S/C42H34O6/c1-41(2,3)23-7-11-25(12-8-23)47-27-15-17-29-31(19-27)39(45)35-21-34-36(22-33(35)37(29)43)40(46)32-20-28(16-18-30(32)38(34)44)48-26-13-9-24(10-14-26)42(4,5)6/h7-22H,1-6H3. The molecule has 0 spiro atoms. The van der Waals surface area contributed by atoms with Gasteiger partial charge in [-0.05, 0) is 94.8 Å². The Balaban J connectivity index is 1.31. The molecule has 6 heteroatoms. The van der Waals surface area contributed by atoms with E-state index in [-0.39, 0.29) is 53.9 Å². The van der Waals surface area contributed by atoms with Crippen LogP contribution >= 0.6 is 0 Å². The number of hydrogen-bond acceptors (Lipinski definition) is 6. The molecule has 0 aromatic heterocycles. The Labute approximate surface area is 276 Å². The minimum absolute atomic E-state index is 0.00544. The van der Waals surface area contributed by atoms with E-state index in [1.165, 1.54) is 12.1 Å². The van der Waals surface area contributed by atoms with E-state index < -0.39 is 21.7 Å². The Morgan fingerprint density at radius 2 is 0.604 bits per heavy atom. The van der Waals surface area contributed by atoms with Crippen molar-refractivity contribution in [2.24, 2.45) is 0 Å². The molecule has 6 nitrogen and oxygen atoms in total. The van der Waals surface area contributed by atoms with Gasteiger partial charge in [0, 0.05) is 43.1 Å². The van der Waals surface area contributed by atoms with Crippen molar-refractivity contribution in [2.75, 3.05) is 0 Å². The van der Waals surface area contributed by atoms with Crippen molar-refractivity contribution < 1.29 is 9.47 Å². The third-order valence-corrected chi connectivity index (χ3v) is 9.01. The van der Waals surface area contributed by atoms with Crippen LogP contribution in [0.3, 0.4) is 0 Å². The van der Waals surface area contributed by atoms with Crippen LogP contribution in [-0.2, 0) is 10.8 Å². The van der Waals surface area contributed by atoms with Gasteiger partial charge in [0.2, 0.25) is 0 Å². The maximum Gasteiger partial charge on any atom is 0.194 e. The van der Waals surface area contributed by atoms with E-state index in [0.717, 1.165) is 11.1 Å². The van der Waals surface area contributed by atoms with Crippen molar-refractivity contribution in [1.29, 1.82) is 0 Å². The summed E-state index contributed by atoms with van der Waals surface area (Å²) in [7, 11) is 0. The van der Waals surface area contributed by atoms with Crippen LogP contribution in [0.2, 0.25) is 0 Å². The van der Waals surface area contributed by atoms with Crippen LogP contribution in [-0.4, -0.2) is 0 Å². The molecule has 238 valence electrons. The number of ether oxygens (including phenoxy) is 2. The van der Waals surface area contributed by atoms with Crippen molar-refractivity contribution in [3.05, 3.63) is 149 Å². The summed E-state index contributed by atoms with van der Waals surface area (Å²) in [6.07, 6.45) is 0. The van der Waals surface area contributed by atoms with Crippen molar-refractivity contribution in [3.8, 4) is 23.0 Å². The summed E-state index contributed by atoms with van der Waals surface area (Å²) < 4.78 is 12.1. The Morgan fingerprint density at radius 1 is 0.333 bits per heavy atom. The Bertz CT molecular complexity index is 2440. The van der Waals surface area contributed by atoms with E-state index in [1.807, 2.05) is 48.5 Å². The van der Waals surface area contributed by atoms with Gasteiger partial charge in [-0.25, -0.2) is 0 Å². The molecule has 48 heavy (non-hydrogen) atoms. The third kappa shape index (κ3) is 5.33. The van der Waals surface area contributed by atoms with Gasteiger partial charge in [0.1, 0.15) is 23.0 Å². The van der Waals surface area contributed by atoms with Crippen LogP contribution in [0, 0.1) is 0 Å². The predicted octanol–water partition coefficient (Wildman–Crippen LogP) is 8.80. The molecule has 7 rings (SSSR count). The molecule has 0 unspecified atom stereocenters. The summed E-state index contributed by atoms with van der Waals surface area (Å²) in [5.74, 6) is 2.01. The maximum absolute atomic E-state index is 13.8. The molecular weight excluding hydrogens is 600 g/mol. The monoisotopic (exact) mass is 634 g/mol. The van der Waals surface area contributed by atoms with E-state index in [2.05, 4.69) is 41.5 Å². The van der Waals surface area contributed by atoms with Crippen LogP contribution in [0.1, 0.15) is 52.7 Å². The smallest absolute Gasteiger partial charge is 0.194 e. The van der Waals surface area contributed by atoms with Crippen LogP contribution in [0.25, 0.3) is 43.1 Å². The normalized spacial score (nSPS) is 12.3. The summed E-state index contributed by atoms with van der Waals surface area (Å²) in [6.45, 7) is 12.8. The average Bonchev–Trinajstić information content (AvgIpc) is 3.05. The van der Waals surface area contributed by atoms with Crippen LogP contribution in [0.5, 0.6) is 23.0 Å². The number of fused-ring (bicyclic) bond motifs is 4. The molecule has 0 atom stereocenters. The molecule has 0 radical (unpaired) electrons. The molecule has 0 aliphatic heterocycles. The second-order valence-electron chi connectivity index (χ2n) is 14.4. The van der Waals surface area contributed by atoms with Gasteiger partial charge in [-0.2, -0.15) is 0 Å². The molecule has 0 aliphatic rings. The van der Waals surface area contributed by atoms with Gasteiger partial charge >= 0.3 is 0 Å². The van der Waals surface area contributed by atoms with Gasteiger partial charge in [-0.15, -0.1) is 0 Å². The highest BCUT2D eigenvalue weighted by Crippen LogP contribution is 2.30. The lowest BCUT2D eigenvalue weighted by molar-refractivity contribution is 0.482. The molecule has 7 aromatic carbocycles. The molecule has 0 N–H and O–H groups in total. The topological polar surface area (TPSA) is 86.7 Å². The first-order valence-corrected chi connectivity index (χ1v) is 15.9. The van der Waals surface area contributed by atoms with Gasteiger partial charge in [0.15, 0.2) is 21.7 Å². The van der Waals surface area contributed by atoms with Crippen LogP contribution < -0.4 is 31.2 Å². The molecule has 0 saturated heterocycles. The second kappa shape index (κ2) is 11.0. The van der Waals surface area contributed by atoms with E-state index in [0.29, 0.717) is 23.0 Å². The first kappa shape index (κ1) is 31.0. The van der Waals surface area contributed by atoms with Crippen LogP contribution in [0.15, 0.2) is 116 Å². The highest BCUT2D eigenvalue weighted by Gasteiger charge is 2.19. The fraction of sp³-hybridized carbons (Fsp3) is 0.190. The first-order chi connectivity index (χ1) is 22.7. The summed E-state index contributed by atoms with van der Waals surface area (Å²) >= 11 is 0. The highest BCUT2D eigenvalue weighted by atomic mass is 16.5. The van der Waals surface area contributed by atoms with Gasteiger partial charge in [0.25, 0.3) is 0 Å². The molecule has 0 fully saturated rings. The molecule has 7 aromatic rings. The Hall–Kier alpha value is -5.62. The Kier molecular flexibility index (Phi) is 7.09. The summed E-state index contributed by atoms with van der Waals surface area (Å²) in [5.41, 5.74) is 0.685. The zero-order chi connectivity index (χ0) is 34.1. The van der Waals surface area contributed by atoms with Crippen molar-refractivity contribution >= 4 is 43.1 Å². The molecule has 0 bridgehead atoms. The lowest BCUT2D eigenvalue weighted by atomic mass is 9.87. The van der Waals surface area contributed by atoms with E-state index >= 15 is 0 Å². The van der Waals surface area contributed by atoms with Crippen LogP contribution in [0.4, 0.5) is 0 Å². The first-order valence-electron chi connectivity index (χ1n) is 15.9. The number of rotatable bonds is 4. The van der Waals surface area contributed by atoms with E-state index in [9.17, 15) is 19.2 Å². The van der Waals surface area contributed by atoms with Gasteiger partial charge in [-0.1, -0.05) is 65.8 Å². The lowest BCUT2D eigenvalue weighted by Gasteiger charge is -2.19. The number of benzene rings is 7. The molecule has 0 heterocycles. The highest BCUT2D eigenvalue weighted by molar-refractivity contribution is 6.08. The second-order valence-corrected chi connectivity index (χ2v) is 14.4. The minimum atomic E-state index is -0.414. The summed E-state index contributed by atoms with van der Waals surface area (Å²) in [5, 5.41) is 1.15. The summed E-state index contributed by atoms with van der Waals surface area (Å²) in [4.78, 5) is 55.0. The molecule has 0 saturated carbocycles. The van der Waals surface area contributed by atoms with Gasteiger partial charge in [-0.3, -0.25) is 19.2 Å². The zero-order valence-electron chi connectivity index (χ0n) is 27.7. The van der Waals surface area contributed by atoms with Gasteiger partial charge in [0.05, 0.1) is 0 Å². The largest absolute Gasteiger partial charge is 0.457 e. The summed E-state index contributed by atoms with van der Waals surface area (Å²) in [6, 6.07) is 27.8. The predicted molar refractivity (Wildman–Crippen MR) is 194 cm³/mol. The van der Waals surface area contributed by atoms with Gasteiger partial charge < -0.3 is 9.47 Å². The fourth-order valence-corrected chi connectivity index (χ4v) is 6.20. The van der Waals surface area contributed by atoms with E-state index in [1.54, 1.807) is 36.4 Å². The van der Waals surface area contributed by atoms with Crippen molar-refractivity contribution in [3.63, 3.8) is 0 Å². The molecular formula is C42H34O6. The average molecular weight is 635 g/mol. The molecule has 0 aliphatic carbocycles. The van der Waals surface area contributed by atoms with Crippen molar-refractivity contribution in [2.45, 2.75) is 52.4 Å². The zero-order valence-corrected chi connectivity index (χ0v) is 27.7. The quantitative estimate of drug-likeness (QED) is 0.180. The third-order valence-electron chi connectivity index (χ3n) is 9.01. The van der Waals surface area contributed by atoms with Crippen molar-refractivity contribution in [1.82, 2.24) is 0 Å². The Morgan fingerprint density at radius 3 is 0.917 bits per heavy atom. The molecule has 0 amide bonds. The fourth-order valence-electron chi connectivity index (χ4n) is 6.20. The lowest BCUT2D eigenvalue weighted by Crippen LogP contribution is -2.17. The minimum Gasteiger partial charge on any atom is -0.457 e. The maximum atomic E-state index is 13.8.